The third-order valence-corrected chi connectivity index (χ3v) is 4.59. The molecular weight excluding hydrogens is 323 g/mol. The molecule has 2 N–H and O–H groups in total. The maximum atomic E-state index is 14.1. The highest BCUT2D eigenvalue weighted by molar-refractivity contribution is 5.63. The minimum Gasteiger partial charge on any atom is -0.387 e. The Hall–Kier alpha value is -2.58. The Morgan fingerprint density at radius 1 is 1.32 bits per heavy atom. The van der Waals surface area contributed by atoms with Crippen molar-refractivity contribution in [1.29, 1.82) is 0 Å². The van der Waals surface area contributed by atoms with E-state index in [1.54, 1.807) is 41.5 Å². The van der Waals surface area contributed by atoms with Gasteiger partial charge in [0.05, 0.1) is 30.2 Å². The molecule has 1 saturated heterocycles. The third-order valence-electron chi connectivity index (χ3n) is 4.59. The summed E-state index contributed by atoms with van der Waals surface area (Å²) in [6.07, 6.45) is 5.71. The van der Waals surface area contributed by atoms with E-state index < -0.39 is 5.60 Å². The molecule has 1 aliphatic heterocycles. The second-order valence-electron chi connectivity index (χ2n) is 6.54. The molecule has 1 aliphatic rings. The van der Waals surface area contributed by atoms with Crippen LogP contribution in [0.3, 0.4) is 0 Å². The van der Waals surface area contributed by atoms with E-state index in [1.165, 1.54) is 6.07 Å². The lowest BCUT2D eigenvalue weighted by Gasteiger charge is -2.23. The molecule has 0 radical (unpaired) electrons. The number of benzene rings is 1. The molecule has 7 nitrogen and oxygen atoms in total. The lowest BCUT2D eigenvalue weighted by Crippen LogP contribution is -2.37. The highest BCUT2D eigenvalue weighted by Gasteiger charge is 2.37. The van der Waals surface area contributed by atoms with Crippen LogP contribution in [0, 0.1) is 5.82 Å². The van der Waals surface area contributed by atoms with Crippen LogP contribution in [-0.4, -0.2) is 53.9 Å². The molecule has 4 rings (SSSR count). The molecule has 25 heavy (non-hydrogen) atoms. The molecule has 3 heterocycles. The zero-order valence-corrected chi connectivity index (χ0v) is 13.6. The van der Waals surface area contributed by atoms with Gasteiger partial charge in [-0.15, -0.1) is 5.10 Å². The molecule has 1 unspecified atom stereocenters. The minimum absolute atomic E-state index is 0.280. The minimum atomic E-state index is -0.838. The number of hydrogen-bond donors (Lipinski definition) is 2. The summed E-state index contributed by atoms with van der Waals surface area (Å²) in [6.45, 7) is 2.29. The Bertz CT molecular complexity index is 848. The van der Waals surface area contributed by atoms with E-state index in [1.807, 2.05) is 0 Å². The molecule has 130 valence electrons. The molecule has 3 aromatic rings. The number of aliphatic hydroxyl groups is 1. The van der Waals surface area contributed by atoms with Gasteiger partial charge in [0.2, 0.25) is 0 Å². The molecule has 8 heteroatoms. The average Bonchev–Trinajstić information content (AvgIpc) is 3.31. The molecular formula is C17H19FN6O. The van der Waals surface area contributed by atoms with E-state index in [4.69, 9.17) is 0 Å². The molecule has 1 aromatic carbocycles. The molecule has 0 saturated carbocycles. The number of likely N-dealkylation sites (tertiary alicyclic amines) is 1. The van der Waals surface area contributed by atoms with Crippen molar-refractivity contribution in [1.82, 2.24) is 30.1 Å². The summed E-state index contributed by atoms with van der Waals surface area (Å²) in [5.74, 6) is -0.280. The Kier molecular flexibility index (Phi) is 4.06. The first-order valence-corrected chi connectivity index (χ1v) is 8.19. The van der Waals surface area contributed by atoms with Crippen molar-refractivity contribution in [2.75, 3.05) is 13.1 Å². The van der Waals surface area contributed by atoms with Crippen LogP contribution < -0.4 is 0 Å². The number of rotatable bonds is 5. The van der Waals surface area contributed by atoms with Gasteiger partial charge in [0.15, 0.2) is 0 Å². The average molecular weight is 342 g/mol. The zero-order valence-electron chi connectivity index (χ0n) is 13.6. The molecule has 0 bridgehead atoms. The smallest absolute Gasteiger partial charge is 0.132 e. The summed E-state index contributed by atoms with van der Waals surface area (Å²) in [5, 5.41) is 25.4. The molecule has 1 fully saturated rings. The quantitative estimate of drug-likeness (QED) is 0.733. The molecule has 0 amide bonds. The van der Waals surface area contributed by atoms with Crippen molar-refractivity contribution in [3.63, 3.8) is 0 Å². The van der Waals surface area contributed by atoms with Gasteiger partial charge in [-0.25, -0.2) is 9.07 Å². The lowest BCUT2D eigenvalue weighted by molar-refractivity contribution is 0.0274. The van der Waals surface area contributed by atoms with Crippen LogP contribution in [0.5, 0.6) is 0 Å². The van der Waals surface area contributed by atoms with Gasteiger partial charge < -0.3 is 5.11 Å². The van der Waals surface area contributed by atoms with Crippen molar-refractivity contribution in [3.8, 4) is 11.3 Å². The number of hydrogen-bond acceptors (Lipinski definition) is 5. The normalized spacial score (nSPS) is 21.0. The fourth-order valence-electron chi connectivity index (χ4n) is 3.39. The number of aromatic amines is 1. The number of H-pyrrole nitrogens is 1. The van der Waals surface area contributed by atoms with Crippen LogP contribution in [0.2, 0.25) is 0 Å². The number of aromatic nitrogens is 5. The van der Waals surface area contributed by atoms with Crippen LogP contribution >= 0.6 is 0 Å². The van der Waals surface area contributed by atoms with Gasteiger partial charge in [-0.2, -0.15) is 5.10 Å². The summed E-state index contributed by atoms with van der Waals surface area (Å²) in [4.78, 5) is 2.14. The molecule has 2 aromatic heterocycles. The summed E-state index contributed by atoms with van der Waals surface area (Å²) in [5.41, 5.74) is 1.27. The largest absolute Gasteiger partial charge is 0.387 e. The summed E-state index contributed by atoms with van der Waals surface area (Å²) in [7, 11) is 0. The van der Waals surface area contributed by atoms with Gasteiger partial charge in [0.25, 0.3) is 0 Å². The monoisotopic (exact) mass is 342 g/mol. The lowest BCUT2D eigenvalue weighted by atomic mass is 10.0. The highest BCUT2D eigenvalue weighted by Crippen LogP contribution is 2.28. The van der Waals surface area contributed by atoms with Gasteiger partial charge >= 0.3 is 0 Å². The van der Waals surface area contributed by atoms with Crippen molar-refractivity contribution in [2.45, 2.75) is 25.1 Å². The van der Waals surface area contributed by atoms with Crippen molar-refractivity contribution < 1.29 is 9.50 Å². The predicted octanol–water partition coefficient (Wildman–Crippen LogP) is 1.44. The molecule has 0 spiro atoms. The Morgan fingerprint density at radius 3 is 3.00 bits per heavy atom. The van der Waals surface area contributed by atoms with Gasteiger partial charge in [-0.05, 0) is 18.6 Å². The maximum absolute atomic E-state index is 14.1. The van der Waals surface area contributed by atoms with Crippen LogP contribution in [0.15, 0.2) is 42.9 Å². The van der Waals surface area contributed by atoms with Crippen LogP contribution in [0.25, 0.3) is 11.3 Å². The summed E-state index contributed by atoms with van der Waals surface area (Å²) in [6, 6.07) is 6.64. The van der Waals surface area contributed by atoms with Crippen LogP contribution in [0.1, 0.15) is 12.0 Å². The Labute approximate surface area is 144 Å². The second-order valence-corrected chi connectivity index (χ2v) is 6.54. The fourth-order valence-corrected chi connectivity index (χ4v) is 3.39. The number of β-amino-alcohol motifs (C(OH)–C–C–N with tert-alkyl or cyclic N) is 1. The summed E-state index contributed by atoms with van der Waals surface area (Å²) >= 11 is 0. The summed E-state index contributed by atoms with van der Waals surface area (Å²) < 4.78 is 15.7. The fraction of sp³-hybridized carbons (Fsp3) is 0.353. The van der Waals surface area contributed by atoms with E-state index in [2.05, 4.69) is 25.4 Å². The second kappa shape index (κ2) is 6.38. The Morgan fingerprint density at radius 2 is 2.20 bits per heavy atom. The van der Waals surface area contributed by atoms with E-state index in [0.29, 0.717) is 37.3 Å². The van der Waals surface area contributed by atoms with Crippen molar-refractivity contribution in [3.05, 3.63) is 54.2 Å². The number of nitrogens with one attached hydrogen (secondary N) is 1. The topological polar surface area (TPSA) is 82.9 Å². The number of halogens is 1. The van der Waals surface area contributed by atoms with Crippen LogP contribution in [0.4, 0.5) is 4.39 Å². The molecule has 1 atom stereocenters. The standard InChI is InChI=1S/C17H19FN6O/c18-15-4-2-1-3-14(15)16-13(9-20-21-16)10-23-7-5-17(25,11-23)12-24-8-6-19-22-24/h1-4,6,8-9,25H,5,7,10-12H2,(H,20,21). The van der Waals surface area contributed by atoms with Crippen molar-refractivity contribution in [2.24, 2.45) is 0 Å². The SMILES string of the molecule is OC1(Cn2ccnn2)CCN(Cc2cn[nH]c2-c2ccccc2F)C1. The Balaban J connectivity index is 1.48. The van der Waals surface area contributed by atoms with Gasteiger partial charge in [-0.1, -0.05) is 17.3 Å². The zero-order chi connectivity index (χ0) is 17.3. The predicted molar refractivity (Wildman–Crippen MR) is 88.8 cm³/mol. The molecule has 0 aliphatic carbocycles. The van der Waals surface area contributed by atoms with E-state index in [0.717, 1.165) is 12.1 Å². The first kappa shape index (κ1) is 15.9. The van der Waals surface area contributed by atoms with Gasteiger partial charge in [0, 0.05) is 37.0 Å². The van der Waals surface area contributed by atoms with Gasteiger partial charge in [0.1, 0.15) is 5.82 Å². The van der Waals surface area contributed by atoms with Gasteiger partial charge in [-0.3, -0.25) is 10.00 Å². The van der Waals surface area contributed by atoms with Crippen molar-refractivity contribution >= 4 is 0 Å². The van der Waals surface area contributed by atoms with E-state index in [-0.39, 0.29) is 5.82 Å². The third kappa shape index (κ3) is 3.31. The first-order valence-electron chi connectivity index (χ1n) is 8.19. The van der Waals surface area contributed by atoms with E-state index >= 15 is 0 Å². The van der Waals surface area contributed by atoms with E-state index in [9.17, 15) is 9.50 Å². The first-order chi connectivity index (χ1) is 12.1. The maximum Gasteiger partial charge on any atom is 0.132 e. The number of nitrogens with zero attached hydrogens (tertiary/aromatic N) is 5. The van der Waals surface area contributed by atoms with Crippen LogP contribution in [-0.2, 0) is 13.1 Å². The highest BCUT2D eigenvalue weighted by atomic mass is 19.1.